The average molecular weight is 376 g/mol. The Hall–Kier alpha value is -3.06. The molecule has 0 saturated carbocycles. The van der Waals surface area contributed by atoms with E-state index in [9.17, 15) is 4.79 Å². The van der Waals surface area contributed by atoms with Crippen molar-refractivity contribution in [1.82, 2.24) is 30.4 Å². The minimum Gasteiger partial charge on any atom is -0.351 e. The molecule has 7 heteroatoms. The fourth-order valence-corrected chi connectivity index (χ4v) is 3.63. The third kappa shape index (κ3) is 4.26. The van der Waals surface area contributed by atoms with E-state index in [4.69, 9.17) is 0 Å². The van der Waals surface area contributed by atoms with Gasteiger partial charge in [0.1, 0.15) is 0 Å². The van der Waals surface area contributed by atoms with Crippen LogP contribution in [0.3, 0.4) is 0 Å². The number of aromatic nitrogens is 4. The molecule has 7 nitrogen and oxygen atoms in total. The summed E-state index contributed by atoms with van der Waals surface area (Å²) < 4.78 is 0. The van der Waals surface area contributed by atoms with E-state index in [2.05, 4.69) is 56.0 Å². The van der Waals surface area contributed by atoms with Crippen LogP contribution in [0.2, 0.25) is 0 Å². The lowest BCUT2D eigenvalue weighted by atomic mass is 9.99. The Morgan fingerprint density at radius 3 is 2.64 bits per heavy atom. The molecule has 144 valence electrons. The number of tetrazole rings is 1. The molecule has 1 saturated heterocycles. The van der Waals surface area contributed by atoms with E-state index in [1.807, 2.05) is 12.1 Å². The van der Waals surface area contributed by atoms with Crippen molar-refractivity contribution in [2.75, 3.05) is 26.2 Å². The van der Waals surface area contributed by atoms with E-state index in [0.717, 1.165) is 25.2 Å². The van der Waals surface area contributed by atoms with Gasteiger partial charge in [0, 0.05) is 30.8 Å². The molecule has 1 aliphatic heterocycles. The summed E-state index contributed by atoms with van der Waals surface area (Å²) in [6, 6.07) is 17.9. The first-order valence-electron chi connectivity index (χ1n) is 9.59. The summed E-state index contributed by atoms with van der Waals surface area (Å²) in [4.78, 5) is 16.2. The summed E-state index contributed by atoms with van der Waals surface area (Å²) >= 11 is 0. The Balaban J connectivity index is 1.25. The number of aryl methyl sites for hydroxylation is 1. The van der Waals surface area contributed by atoms with Crippen molar-refractivity contribution in [1.29, 1.82) is 0 Å². The lowest BCUT2D eigenvalue weighted by Gasteiger charge is -2.16. The number of nitrogens with zero attached hydrogens (tertiary/aromatic N) is 5. The van der Waals surface area contributed by atoms with Crippen LogP contribution in [0.4, 0.5) is 0 Å². The molecular formula is C21H24N6O. The summed E-state index contributed by atoms with van der Waals surface area (Å²) in [6.07, 6.45) is 1.18. The molecule has 0 spiro atoms. The van der Waals surface area contributed by atoms with Gasteiger partial charge in [-0.3, -0.25) is 4.79 Å². The highest BCUT2D eigenvalue weighted by Crippen LogP contribution is 2.26. The molecule has 0 bridgehead atoms. The fraction of sp³-hybridized carbons (Fsp3) is 0.333. The average Bonchev–Trinajstić information content (AvgIpc) is 3.38. The van der Waals surface area contributed by atoms with Gasteiger partial charge in [0.2, 0.25) is 5.82 Å². The Kier molecular flexibility index (Phi) is 5.43. The van der Waals surface area contributed by atoms with Gasteiger partial charge >= 0.3 is 0 Å². The number of nitrogens with one attached hydrogen (secondary N) is 1. The highest BCUT2D eigenvalue weighted by atomic mass is 16.1. The van der Waals surface area contributed by atoms with E-state index < -0.39 is 0 Å². The zero-order valence-electron chi connectivity index (χ0n) is 16.0. The second kappa shape index (κ2) is 8.31. The predicted octanol–water partition coefficient (Wildman–Crippen LogP) is 2.10. The van der Waals surface area contributed by atoms with Crippen LogP contribution < -0.4 is 5.32 Å². The van der Waals surface area contributed by atoms with Crippen molar-refractivity contribution in [2.45, 2.75) is 12.3 Å². The first-order chi connectivity index (χ1) is 13.7. The molecular weight excluding hydrogens is 352 g/mol. The second-order valence-electron chi connectivity index (χ2n) is 7.13. The predicted molar refractivity (Wildman–Crippen MR) is 107 cm³/mol. The van der Waals surface area contributed by atoms with Gasteiger partial charge in [-0.1, -0.05) is 42.5 Å². The van der Waals surface area contributed by atoms with E-state index in [1.54, 1.807) is 19.2 Å². The van der Waals surface area contributed by atoms with Gasteiger partial charge in [0.25, 0.3) is 5.91 Å². The van der Waals surface area contributed by atoms with E-state index in [1.165, 1.54) is 16.8 Å². The van der Waals surface area contributed by atoms with Gasteiger partial charge in [-0.15, -0.1) is 10.2 Å². The maximum Gasteiger partial charge on any atom is 0.251 e. The molecule has 1 aromatic heterocycles. The second-order valence-corrected chi connectivity index (χ2v) is 7.13. The van der Waals surface area contributed by atoms with Crippen molar-refractivity contribution in [3.05, 3.63) is 65.7 Å². The zero-order valence-corrected chi connectivity index (χ0v) is 16.0. The number of hydrogen-bond donors (Lipinski definition) is 1. The largest absolute Gasteiger partial charge is 0.351 e. The summed E-state index contributed by atoms with van der Waals surface area (Å²) in [5.74, 6) is 1.09. The number of likely N-dealkylation sites (tertiary alicyclic amines) is 1. The van der Waals surface area contributed by atoms with Crippen LogP contribution in [0, 0.1) is 0 Å². The van der Waals surface area contributed by atoms with Gasteiger partial charge in [-0.25, -0.2) is 0 Å². The minimum atomic E-state index is -0.0579. The highest BCUT2D eigenvalue weighted by Gasteiger charge is 2.23. The lowest BCUT2D eigenvalue weighted by Crippen LogP contribution is -2.33. The molecule has 2 heterocycles. The van der Waals surface area contributed by atoms with Crippen LogP contribution in [0.25, 0.3) is 11.4 Å². The third-order valence-corrected chi connectivity index (χ3v) is 5.17. The maximum absolute atomic E-state index is 12.4. The van der Waals surface area contributed by atoms with E-state index in [-0.39, 0.29) is 5.91 Å². The topological polar surface area (TPSA) is 75.9 Å². The SMILES string of the molecule is Cn1nnc(-c2ccc(C(=O)NCCN3CCC(c4ccccc4)C3)cc2)n1. The van der Waals surface area contributed by atoms with Gasteiger partial charge < -0.3 is 10.2 Å². The summed E-state index contributed by atoms with van der Waals surface area (Å²) in [6.45, 7) is 3.65. The molecule has 1 unspecified atom stereocenters. The third-order valence-electron chi connectivity index (χ3n) is 5.17. The Bertz CT molecular complexity index is 922. The lowest BCUT2D eigenvalue weighted by molar-refractivity contribution is 0.0949. The standard InChI is InChI=1S/C21H24N6O/c1-26-24-20(23-25-26)17-7-9-18(10-8-17)21(28)22-12-14-27-13-11-19(15-27)16-5-3-2-4-6-16/h2-10,19H,11-15H2,1H3,(H,22,28). The van der Waals surface area contributed by atoms with Crippen molar-refractivity contribution in [2.24, 2.45) is 7.05 Å². The van der Waals surface area contributed by atoms with Crippen molar-refractivity contribution in [3.8, 4) is 11.4 Å². The van der Waals surface area contributed by atoms with Crippen molar-refractivity contribution in [3.63, 3.8) is 0 Å². The van der Waals surface area contributed by atoms with Crippen LogP contribution in [-0.4, -0.2) is 57.2 Å². The molecule has 1 fully saturated rings. The first kappa shape index (κ1) is 18.3. The molecule has 1 aliphatic rings. The zero-order chi connectivity index (χ0) is 19.3. The van der Waals surface area contributed by atoms with Crippen molar-refractivity contribution < 1.29 is 4.79 Å². The number of amides is 1. The molecule has 1 N–H and O–H groups in total. The van der Waals surface area contributed by atoms with Gasteiger partial charge in [-0.2, -0.15) is 4.80 Å². The number of benzene rings is 2. The van der Waals surface area contributed by atoms with Gasteiger partial charge in [0.15, 0.2) is 0 Å². The maximum atomic E-state index is 12.4. The summed E-state index contributed by atoms with van der Waals surface area (Å²) in [5, 5.41) is 15.0. The molecule has 1 amide bonds. The summed E-state index contributed by atoms with van der Waals surface area (Å²) in [7, 11) is 1.72. The fourth-order valence-electron chi connectivity index (χ4n) is 3.63. The molecule has 3 aromatic rings. The monoisotopic (exact) mass is 376 g/mol. The molecule has 2 aromatic carbocycles. The molecule has 1 atom stereocenters. The van der Waals surface area contributed by atoms with Crippen LogP contribution >= 0.6 is 0 Å². The number of hydrogen-bond acceptors (Lipinski definition) is 5. The molecule has 28 heavy (non-hydrogen) atoms. The Labute approximate surface area is 164 Å². The highest BCUT2D eigenvalue weighted by molar-refractivity contribution is 5.94. The smallest absolute Gasteiger partial charge is 0.251 e. The quantitative estimate of drug-likeness (QED) is 0.713. The summed E-state index contributed by atoms with van der Waals surface area (Å²) in [5.41, 5.74) is 2.89. The number of carbonyl (C=O) groups is 1. The first-order valence-corrected chi connectivity index (χ1v) is 9.59. The Morgan fingerprint density at radius 1 is 1.14 bits per heavy atom. The Morgan fingerprint density at radius 2 is 1.93 bits per heavy atom. The van der Waals surface area contributed by atoms with Crippen molar-refractivity contribution >= 4 is 5.91 Å². The molecule has 0 aliphatic carbocycles. The van der Waals surface area contributed by atoms with Crippen LogP contribution in [0.5, 0.6) is 0 Å². The minimum absolute atomic E-state index is 0.0579. The van der Waals surface area contributed by atoms with Gasteiger partial charge in [-0.05, 0) is 41.8 Å². The molecule has 0 radical (unpaired) electrons. The molecule has 4 rings (SSSR count). The van der Waals surface area contributed by atoms with Gasteiger partial charge in [0.05, 0.1) is 7.05 Å². The van der Waals surface area contributed by atoms with E-state index >= 15 is 0 Å². The number of carbonyl (C=O) groups excluding carboxylic acids is 1. The van der Waals surface area contributed by atoms with Crippen LogP contribution in [0.1, 0.15) is 28.3 Å². The number of rotatable bonds is 6. The van der Waals surface area contributed by atoms with Crippen LogP contribution in [0.15, 0.2) is 54.6 Å². The normalized spacial score (nSPS) is 17.0. The van der Waals surface area contributed by atoms with Crippen LogP contribution in [-0.2, 0) is 7.05 Å². The van der Waals surface area contributed by atoms with E-state index in [0.29, 0.717) is 23.9 Å².